The van der Waals surface area contributed by atoms with E-state index in [9.17, 15) is 0 Å². The Bertz CT molecular complexity index is 757. The highest BCUT2D eigenvalue weighted by Gasteiger charge is 2.32. The van der Waals surface area contributed by atoms with Crippen LogP contribution >= 0.6 is 0 Å². The fourth-order valence-corrected chi connectivity index (χ4v) is 3.45. The number of rotatable bonds is 2. The summed E-state index contributed by atoms with van der Waals surface area (Å²) >= 11 is 0. The van der Waals surface area contributed by atoms with Crippen LogP contribution in [0.4, 0.5) is 5.95 Å². The Morgan fingerprint density at radius 3 is 2.81 bits per heavy atom. The van der Waals surface area contributed by atoms with Gasteiger partial charge in [0.15, 0.2) is 0 Å². The van der Waals surface area contributed by atoms with Gasteiger partial charge in [0.1, 0.15) is 0 Å². The molecule has 0 saturated carbocycles. The van der Waals surface area contributed by atoms with Gasteiger partial charge in [0.05, 0.1) is 16.6 Å². The zero-order chi connectivity index (χ0) is 14.3. The van der Waals surface area contributed by atoms with Crippen molar-refractivity contribution in [2.45, 2.75) is 31.7 Å². The molecule has 3 nitrogen and oxygen atoms in total. The second-order valence-corrected chi connectivity index (χ2v) is 6.07. The molecule has 2 aromatic carbocycles. The van der Waals surface area contributed by atoms with Crippen LogP contribution in [0.15, 0.2) is 48.5 Å². The van der Waals surface area contributed by atoms with Gasteiger partial charge in [0.2, 0.25) is 5.95 Å². The lowest BCUT2D eigenvalue weighted by molar-refractivity contribution is 0.443. The Hall–Kier alpha value is -2.29. The summed E-state index contributed by atoms with van der Waals surface area (Å²) in [5, 5.41) is 3.64. The van der Waals surface area contributed by atoms with Gasteiger partial charge >= 0.3 is 0 Å². The van der Waals surface area contributed by atoms with Gasteiger partial charge in [0, 0.05) is 0 Å². The fourth-order valence-electron chi connectivity index (χ4n) is 3.45. The first-order valence-electron chi connectivity index (χ1n) is 7.56. The van der Waals surface area contributed by atoms with Gasteiger partial charge in [-0.25, -0.2) is 4.98 Å². The first-order valence-corrected chi connectivity index (χ1v) is 7.56. The number of aromatic amines is 1. The Morgan fingerprint density at radius 2 is 1.90 bits per heavy atom. The molecule has 0 radical (unpaired) electrons. The number of aryl methyl sites for hydroxylation is 1. The van der Waals surface area contributed by atoms with E-state index in [-0.39, 0.29) is 5.54 Å². The van der Waals surface area contributed by atoms with Crippen molar-refractivity contribution in [1.29, 1.82) is 0 Å². The summed E-state index contributed by atoms with van der Waals surface area (Å²) in [4.78, 5) is 8.03. The zero-order valence-corrected chi connectivity index (χ0v) is 12.2. The second-order valence-electron chi connectivity index (χ2n) is 6.07. The molecule has 1 aromatic heterocycles. The van der Waals surface area contributed by atoms with E-state index in [4.69, 9.17) is 0 Å². The van der Waals surface area contributed by atoms with E-state index in [0.717, 1.165) is 23.4 Å². The average molecular weight is 277 g/mol. The summed E-state index contributed by atoms with van der Waals surface area (Å²) in [6.45, 7) is 2.28. The molecule has 0 amide bonds. The van der Waals surface area contributed by atoms with Crippen LogP contribution in [0.25, 0.3) is 11.0 Å². The largest absolute Gasteiger partial charge is 0.347 e. The van der Waals surface area contributed by atoms with E-state index in [0.29, 0.717) is 0 Å². The van der Waals surface area contributed by atoms with Gasteiger partial charge in [-0.2, -0.15) is 0 Å². The van der Waals surface area contributed by atoms with Crippen LogP contribution in [0.3, 0.4) is 0 Å². The molecular formula is C18H19N3. The summed E-state index contributed by atoms with van der Waals surface area (Å²) in [5.74, 6) is 0.857. The van der Waals surface area contributed by atoms with Gasteiger partial charge in [-0.3, -0.25) is 0 Å². The van der Waals surface area contributed by atoms with Crippen LogP contribution in [0, 0.1) is 0 Å². The number of fused-ring (bicyclic) bond motifs is 2. The quantitative estimate of drug-likeness (QED) is 0.736. The molecule has 3 heteroatoms. The average Bonchev–Trinajstić information content (AvgIpc) is 2.89. The summed E-state index contributed by atoms with van der Waals surface area (Å²) in [6, 6.07) is 16.9. The molecule has 106 valence electrons. The van der Waals surface area contributed by atoms with E-state index < -0.39 is 0 Å². The molecule has 3 aromatic rings. The smallest absolute Gasteiger partial charge is 0.201 e. The Morgan fingerprint density at radius 1 is 1.10 bits per heavy atom. The van der Waals surface area contributed by atoms with Crippen LogP contribution in [0.2, 0.25) is 0 Å². The predicted molar refractivity (Wildman–Crippen MR) is 86.4 cm³/mol. The molecule has 2 N–H and O–H groups in total. The van der Waals surface area contributed by atoms with E-state index in [2.05, 4.69) is 52.5 Å². The fraction of sp³-hybridized carbons (Fsp3) is 0.278. The molecule has 4 rings (SSSR count). The Balaban J connectivity index is 1.73. The molecule has 1 atom stereocenters. The minimum Gasteiger partial charge on any atom is -0.347 e. The number of nitrogens with zero attached hydrogens (tertiary/aromatic N) is 1. The van der Waals surface area contributed by atoms with Gasteiger partial charge in [-0.1, -0.05) is 36.4 Å². The highest BCUT2D eigenvalue weighted by molar-refractivity contribution is 5.77. The van der Waals surface area contributed by atoms with Crippen molar-refractivity contribution in [1.82, 2.24) is 9.97 Å². The van der Waals surface area contributed by atoms with E-state index in [1.165, 1.54) is 24.0 Å². The minimum atomic E-state index is -0.0529. The monoisotopic (exact) mass is 277 g/mol. The maximum Gasteiger partial charge on any atom is 0.201 e. The highest BCUT2D eigenvalue weighted by Crippen LogP contribution is 2.37. The van der Waals surface area contributed by atoms with E-state index >= 15 is 0 Å². The zero-order valence-electron chi connectivity index (χ0n) is 12.2. The van der Waals surface area contributed by atoms with Crippen LogP contribution in [-0.4, -0.2) is 9.97 Å². The topological polar surface area (TPSA) is 40.7 Å². The van der Waals surface area contributed by atoms with Crippen molar-refractivity contribution in [3.05, 3.63) is 59.7 Å². The molecule has 0 bridgehead atoms. The lowest BCUT2D eigenvalue weighted by Crippen LogP contribution is -2.36. The Labute approximate surface area is 124 Å². The maximum absolute atomic E-state index is 4.66. The molecular weight excluding hydrogens is 258 g/mol. The van der Waals surface area contributed by atoms with Crippen LogP contribution in [0.1, 0.15) is 30.9 Å². The standard InChI is InChI=1S/C18H19N3/c1-18(12-6-8-13-7-2-3-9-14(13)18)21-17-19-15-10-4-5-11-16(15)20-17/h2-5,7,9-11H,6,8,12H2,1H3,(H2,19,20,21). The number of anilines is 1. The normalized spacial score (nSPS) is 21.2. The third-order valence-electron chi connectivity index (χ3n) is 4.52. The van der Waals surface area contributed by atoms with Crippen LogP contribution < -0.4 is 5.32 Å². The molecule has 0 spiro atoms. The van der Waals surface area contributed by atoms with Crippen LogP contribution in [-0.2, 0) is 12.0 Å². The summed E-state index contributed by atoms with van der Waals surface area (Å²) < 4.78 is 0. The van der Waals surface area contributed by atoms with Crippen molar-refractivity contribution in [3.63, 3.8) is 0 Å². The highest BCUT2D eigenvalue weighted by atomic mass is 15.2. The maximum atomic E-state index is 4.66. The summed E-state index contributed by atoms with van der Waals surface area (Å²) in [5.41, 5.74) is 4.88. The van der Waals surface area contributed by atoms with Gasteiger partial charge in [0.25, 0.3) is 0 Å². The third kappa shape index (κ3) is 2.09. The van der Waals surface area contributed by atoms with Gasteiger partial charge < -0.3 is 10.3 Å². The molecule has 1 unspecified atom stereocenters. The van der Waals surface area contributed by atoms with E-state index in [1.807, 2.05) is 18.2 Å². The van der Waals surface area contributed by atoms with Crippen molar-refractivity contribution in [2.75, 3.05) is 5.32 Å². The molecule has 1 heterocycles. The second kappa shape index (κ2) is 4.62. The number of nitrogens with one attached hydrogen (secondary N) is 2. The molecule has 1 aliphatic rings. The van der Waals surface area contributed by atoms with E-state index in [1.54, 1.807) is 0 Å². The van der Waals surface area contributed by atoms with Gasteiger partial charge in [-0.05, 0) is 49.4 Å². The minimum absolute atomic E-state index is 0.0529. The van der Waals surface area contributed by atoms with Crippen molar-refractivity contribution < 1.29 is 0 Å². The number of para-hydroxylation sites is 2. The van der Waals surface area contributed by atoms with Crippen molar-refractivity contribution >= 4 is 17.0 Å². The molecule has 21 heavy (non-hydrogen) atoms. The number of benzene rings is 2. The third-order valence-corrected chi connectivity index (χ3v) is 4.52. The first kappa shape index (κ1) is 12.5. The summed E-state index contributed by atoms with van der Waals surface area (Å²) in [6.07, 6.45) is 3.51. The Kier molecular flexibility index (Phi) is 2.74. The number of aromatic nitrogens is 2. The van der Waals surface area contributed by atoms with Gasteiger partial charge in [-0.15, -0.1) is 0 Å². The molecule has 0 aliphatic heterocycles. The summed E-state index contributed by atoms with van der Waals surface area (Å²) in [7, 11) is 0. The first-order chi connectivity index (χ1) is 10.2. The lowest BCUT2D eigenvalue weighted by Gasteiger charge is -2.36. The lowest BCUT2D eigenvalue weighted by atomic mass is 9.78. The predicted octanol–water partition coefficient (Wildman–Crippen LogP) is 4.23. The SMILES string of the molecule is CC1(Nc2nc3ccccc3[nH]2)CCCc2ccccc21. The number of hydrogen-bond donors (Lipinski definition) is 2. The molecule has 0 saturated heterocycles. The van der Waals surface area contributed by atoms with Crippen molar-refractivity contribution in [3.8, 4) is 0 Å². The number of H-pyrrole nitrogens is 1. The van der Waals surface area contributed by atoms with Crippen molar-refractivity contribution in [2.24, 2.45) is 0 Å². The van der Waals surface area contributed by atoms with Crippen LogP contribution in [0.5, 0.6) is 0 Å². The molecule has 1 aliphatic carbocycles. The molecule has 0 fully saturated rings. The number of imidazole rings is 1. The number of hydrogen-bond acceptors (Lipinski definition) is 2.